The highest BCUT2D eigenvalue weighted by Crippen LogP contribution is 2.35. The van der Waals surface area contributed by atoms with Gasteiger partial charge < -0.3 is 10.1 Å². The van der Waals surface area contributed by atoms with Crippen LogP contribution < -0.4 is 10.1 Å². The number of hydrogen-bond donors (Lipinski definition) is 1. The van der Waals surface area contributed by atoms with Crippen molar-refractivity contribution < 1.29 is 4.74 Å². The second kappa shape index (κ2) is 4.00. The molecule has 1 aliphatic heterocycles. The van der Waals surface area contributed by atoms with Gasteiger partial charge in [-0.15, -0.1) is 0 Å². The topological polar surface area (TPSA) is 21.3 Å². The van der Waals surface area contributed by atoms with Gasteiger partial charge in [-0.1, -0.05) is 11.6 Å². The molecule has 0 radical (unpaired) electrons. The molecule has 0 aliphatic carbocycles. The third-order valence-corrected chi connectivity index (χ3v) is 3.56. The van der Waals surface area contributed by atoms with Crippen molar-refractivity contribution in [1.82, 2.24) is 0 Å². The zero-order valence-corrected chi connectivity index (χ0v) is 10.0. The summed E-state index contributed by atoms with van der Waals surface area (Å²) in [7, 11) is 0. The minimum Gasteiger partial charge on any atom is -0.489 e. The highest BCUT2D eigenvalue weighted by atomic mass is 35.5. The third kappa shape index (κ3) is 1.77. The molecule has 3 rings (SSSR count). The Hall–Kier alpha value is -1.19. The van der Waals surface area contributed by atoms with E-state index in [1.807, 2.05) is 18.2 Å². The van der Waals surface area contributed by atoms with E-state index in [0.717, 1.165) is 16.5 Å². The molecular formula is C12H10ClNOS. The monoisotopic (exact) mass is 251 g/mol. The Kier molecular flexibility index (Phi) is 2.50. The molecule has 1 aromatic heterocycles. The molecule has 1 unspecified atom stereocenters. The number of fused-ring (bicyclic) bond motifs is 1. The number of halogens is 1. The normalized spacial score (nSPS) is 18.4. The number of hydrogen-bond acceptors (Lipinski definition) is 3. The Labute approximate surface area is 103 Å². The van der Waals surface area contributed by atoms with Gasteiger partial charge in [-0.05, 0) is 40.6 Å². The van der Waals surface area contributed by atoms with Crippen LogP contribution in [0.5, 0.6) is 5.75 Å². The van der Waals surface area contributed by atoms with Crippen molar-refractivity contribution >= 4 is 28.6 Å². The first-order valence-corrected chi connectivity index (χ1v) is 6.36. The summed E-state index contributed by atoms with van der Waals surface area (Å²) in [6.45, 7) is 0.658. The predicted molar refractivity (Wildman–Crippen MR) is 67.6 cm³/mol. The van der Waals surface area contributed by atoms with Gasteiger partial charge in [0.05, 0.1) is 11.7 Å². The van der Waals surface area contributed by atoms with Crippen LogP contribution in [0.3, 0.4) is 0 Å². The van der Waals surface area contributed by atoms with Gasteiger partial charge in [0.25, 0.3) is 0 Å². The van der Waals surface area contributed by atoms with Crippen LogP contribution in [0.2, 0.25) is 5.02 Å². The lowest BCUT2D eigenvalue weighted by Gasteiger charge is -2.27. The zero-order chi connectivity index (χ0) is 11.0. The van der Waals surface area contributed by atoms with Crippen LogP contribution in [0, 0.1) is 0 Å². The Bertz CT molecular complexity index is 498. The van der Waals surface area contributed by atoms with E-state index in [-0.39, 0.29) is 6.04 Å². The SMILES string of the molecule is Clc1ccc2c(c1)NC(c1ccsc1)CO2. The summed E-state index contributed by atoms with van der Waals surface area (Å²) in [6.07, 6.45) is 0. The largest absolute Gasteiger partial charge is 0.489 e. The fraction of sp³-hybridized carbons (Fsp3) is 0.167. The molecule has 0 spiro atoms. The van der Waals surface area contributed by atoms with Crippen LogP contribution in [0.15, 0.2) is 35.0 Å². The van der Waals surface area contributed by atoms with E-state index in [0.29, 0.717) is 6.61 Å². The number of thiophene rings is 1. The van der Waals surface area contributed by atoms with E-state index in [1.54, 1.807) is 11.3 Å². The molecule has 2 nitrogen and oxygen atoms in total. The van der Waals surface area contributed by atoms with Crippen LogP contribution in [-0.2, 0) is 0 Å². The number of benzene rings is 1. The van der Waals surface area contributed by atoms with Crippen LogP contribution in [-0.4, -0.2) is 6.61 Å². The maximum atomic E-state index is 5.96. The molecule has 1 N–H and O–H groups in total. The minimum atomic E-state index is 0.220. The molecular weight excluding hydrogens is 242 g/mol. The van der Waals surface area contributed by atoms with Gasteiger partial charge in [-0.25, -0.2) is 0 Å². The molecule has 1 aliphatic rings. The van der Waals surface area contributed by atoms with E-state index in [9.17, 15) is 0 Å². The first kappa shape index (κ1) is 10.00. The molecule has 0 bridgehead atoms. The molecule has 2 heterocycles. The quantitative estimate of drug-likeness (QED) is 0.829. The van der Waals surface area contributed by atoms with Gasteiger partial charge in [0.1, 0.15) is 12.4 Å². The average molecular weight is 252 g/mol. The van der Waals surface area contributed by atoms with Gasteiger partial charge in [0.2, 0.25) is 0 Å². The van der Waals surface area contributed by atoms with Crippen LogP contribution in [0.1, 0.15) is 11.6 Å². The molecule has 82 valence electrons. The summed E-state index contributed by atoms with van der Waals surface area (Å²) in [5.74, 6) is 0.871. The average Bonchev–Trinajstić information content (AvgIpc) is 2.81. The maximum absolute atomic E-state index is 5.96. The van der Waals surface area contributed by atoms with E-state index in [2.05, 4.69) is 22.1 Å². The summed E-state index contributed by atoms with van der Waals surface area (Å²) >= 11 is 7.65. The summed E-state index contributed by atoms with van der Waals surface area (Å²) < 4.78 is 5.70. The van der Waals surface area contributed by atoms with Crippen molar-refractivity contribution in [2.75, 3.05) is 11.9 Å². The maximum Gasteiger partial charge on any atom is 0.142 e. The molecule has 0 amide bonds. The highest BCUT2D eigenvalue weighted by Gasteiger charge is 2.20. The van der Waals surface area contributed by atoms with E-state index in [1.165, 1.54) is 5.56 Å². The van der Waals surface area contributed by atoms with E-state index < -0.39 is 0 Å². The second-order valence-corrected chi connectivity index (χ2v) is 4.92. The standard InChI is InChI=1S/C12H10ClNOS/c13-9-1-2-12-10(5-9)14-11(6-15-12)8-3-4-16-7-8/h1-5,7,11,14H,6H2. The fourth-order valence-electron chi connectivity index (χ4n) is 1.80. The first-order chi connectivity index (χ1) is 7.83. The number of anilines is 1. The summed E-state index contributed by atoms with van der Waals surface area (Å²) in [4.78, 5) is 0. The highest BCUT2D eigenvalue weighted by molar-refractivity contribution is 7.08. The van der Waals surface area contributed by atoms with Gasteiger partial charge in [0, 0.05) is 5.02 Å². The van der Waals surface area contributed by atoms with Crippen LogP contribution >= 0.6 is 22.9 Å². The summed E-state index contributed by atoms with van der Waals surface area (Å²) in [6, 6.07) is 7.97. The van der Waals surface area contributed by atoms with Crippen molar-refractivity contribution in [3.05, 3.63) is 45.6 Å². The number of rotatable bonds is 1. The van der Waals surface area contributed by atoms with Crippen LogP contribution in [0.25, 0.3) is 0 Å². The van der Waals surface area contributed by atoms with Crippen molar-refractivity contribution in [3.8, 4) is 5.75 Å². The molecule has 1 atom stereocenters. The van der Waals surface area contributed by atoms with Gasteiger partial charge in [0.15, 0.2) is 0 Å². The smallest absolute Gasteiger partial charge is 0.142 e. The molecule has 0 saturated carbocycles. The van der Waals surface area contributed by atoms with Crippen molar-refractivity contribution in [2.24, 2.45) is 0 Å². The number of nitrogens with one attached hydrogen (secondary N) is 1. The Balaban J connectivity index is 1.91. The lowest BCUT2D eigenvalue weighted by atomic mass is 10.1. The molecule has 0 saturated heterocycles. The van der Waals surface area contributed by atoms with Crippen LogP contribution in [0.4, 0.5) is 5.69 Å². The van der Waals surface area contributed by atoms with E-state index in [4.69, 9.17) is 16.3 Å². The minimum absolute atomic E-state index is 0.220. The number of ether oxygens (including phenoxy) is 1. The molecule has 1 aromatic carbocycles. The van der Waals surface area contributed by atoms with Crippen molar-refractivity contribution in [2.45, 2.75) is 6.04 Å². The Morgan fingerprint density at radius 2 is 2.31 bits per heavy atom. The molecule has 2 aromatic rings. The molecule has 4 heteroatoms. The predicted octanol–water partition coefficient (Wildman–Crippen LogP) is 3.95. The van der Waals surface area contributed by atoms with Gasteiger partial charge >= 0.3 is 0 Å². The Morgan fingerprint density at radius 3 is 3.12 bits per heavy atom. The molecule has 0 fully saturated rings. The van der Waals surface area contributed by atoms with E-state index >= 15 is 0 Å². The fourth-order valence-corrected chi connectivity index (χ4v) is 2.68. The third-order valence-electron chi connectivity index (χ3n) is 2.62. The summed E-state index contributed by atoms with van der Waals surface area (Å²) in [5.41, 5.74) is 2.23. The lowest BCUT2D eigenvalue weighted by molar-refractivity contribution is 0.287. The lowest BCUT2D eigenvalue weighted by Crippen LogP contribution is -2.23. The first-order valence-electron chi connectivity index (χ1n) is 5.04. The van der Waals surface area contributed by atoms with Crippen molar-refractivity contribution in [3.63, 3.8) is 0 Å². The van der Waals surface area contributed by atoms with Crippen molar-refractivity contribution in [1.29, 1.82) is 0 Å². The van der Waals surface area contributed by atoms with Gasteiger partial charge in [-0.3, -0.25) is 0 Å². The second-order valence-electron chi connectivity index (χ2n) is 3.71. The summed E-state index contributed by atoms with van der Waals surface area (Å²) in [5, 5.41) is 8.37. The van der Waals surface area contributed by atoms with Gasteiger partial charge in [-0.2, -0.15) is 11.3 Å². The Morgan fingerprint density at radius 1 is 1.38 bits per heavy atom. The zero-order valence-electron chi connectivity index (χ0n) is 8.44. The molecule has 16 heavy (non-hydrogen) atoms.